The molecule has 0 aromatic carbocycles. The molecule has 1 rings (SSSR count). The van der Waals surface area contributed by atoms with Gasteiger partial charge in [0.1, 0.15) is 0 Å². The molecule has 0 aliphatic heterocycles. The molecule has 1 aromatic heterocycles. The molecule has 4 nitrogen and oxygen atoms in total. The number of aromatic amines is 1. The van der Waals surface area contributed by atoms with Crippen molar-refractivity contribution in [2.24, 2.45) is 17.6 Å². The second-order valence-electron chi connectivity index (χ2n) is 3.61. The molecule has 13 heavy (non-hydrogen) atoms. The molecule has 74 valence electrons. The molecule has 4 N–H and O–H groups in total. The standard InChI is InChI=1S/C9H18N4/c1-7(2)8(3-10)4-11-9-5-12-13-6-9/h5-8,11H,3-4,10H2,1-2H3,(H,12,13). The van der Waals surface area contributed by atoms with Crippen LogP contribution in [-0.4, -0.2) is 23.3 Å². The van der Waals surface area contributed by atoms with Crippen LogP contribution in [0.25, 0.3) is 0 Å². The van der Waals surface area contributed by atoms with Crippen LogP contribution >= 0.6 is 0 Å². The lowest BCUT2D eigenvalue weighted by Crippen LogP contribution is -2.27. The summed E-state index contributed by atoms with van der Waals surface area (Å²) in [6, 6.07) is 0. The molecule has 0 fully saturated rings. The van der Waals surface area contributed by atoms with E-state index in [0.29, 0.717) is 11.8 Å². The van der Waals surface area contributed by atoms with E-state index < -0.39 is 0 Å². The summed E-state index contributed by atoms with van der Waals surface area (Å²) in [5.74, 6) is 1.14. The number of rotatable bonds is 5. The fourth-order valence-corrected chi connectivity index (χ4v) is 1.19. The Labute approximate surface area is 78.9 Å². The Morgan fingerprint density at radius 3 is 2.85 bits per heavy atom. The van der Waals surface area contributed by atoms with E-state index in [0.717, 1.165) is 18.8 Å². The predicted octanol–water partition coefficient (Wildman–Crippen LogP) is 1.05. The van der Waals surface area contributed by atoms with Gasteiger partial charge in [-0.25, -0.2) is 0 Å². The Hall–Kier alpha value is -1.03. The minimum Gasteiger partial charge on any atom is -0.382 e. The molecule has 1 heterocycles. The zero-order chi connectivity index (χ0) is 9.68. The van der Waals surface area contributed by atoms with Crippen LogP contribution < -0.4 is 11.1 Å². The van der Waals surface area contributed by atoms with E-state index >= 15 is 0 Å². The van der Waals surface area contributed by atoms with Crippen LogP contribution in [0.4, 0.5) is 5.69 Å². The van der Waals surface area contributed by atoms with Gasteiger partial charge in [-0.1, -0.05) is 13.8 Å². The fourth-order valence-electron chi connectivity index (χ4n) is 1.19. The minimum atomic E-state index is 0.523. The number of hydrogen-bond donors (Lipinski definition) is 3. The summed E-state index contributed by atoms with van der Waals surface area (Å²) < 4.78 is 0. The molecule has 0 amide bonds. The Morgan fingerprint density at radius 2 is 2.38 bits per heavy atom. The third-order valence-corrected chi connectivity index (χ3v) is 2.31. The maximum Gasteiger partial charge on any atom is 0.0723 e. The number of nitrogens with one attached hydrogen (secondary N) is 2. The van der Waals surface area contributed by atoms with Gasteiger partial charge in [0.05, 0.1) is 11.9 Å². The van der Waals surface area contributed by atoms with Crippen molar-refractivity contribution >= 4 is 5.69 Å². The Bertz CT molecular complexity index is 218. The molecular formula is C9H18N4. The van der Waals surface area contributed by atoms with Gasteiger partial charge in [0.2, 0.25) is 0 Å². The quantitative estimate of drug-likeness (QED) is 0.637. The van der Waals surface area contributed by atoms with E-state index in [1.807, 2.05) is 6.20 Å². The summed E-state index contributed by atoms with van der Waals surface area (Å²) in [6.07, 6.45) is 3.61. The molecule has 0 aliphatic rings. The Kier molecular flexibility index (Phi) is 3.76. The Balaban J connectivity index is 2.32. The summed E-state index contributed by atoms with van der Waals surface area (Å²) in [4.78, 5) is 0. The van der Waals surface area contributed by atoms with Crippen LogP contribution in [0.5, 0.6) is 0 Å². The molecule has 0 saturated heterocycles. The lowest BCUT2D eigenvalue weighted by Gasteiger charge is -2.19. The molecule has 0 saturated carbocycles. The first-order valence-electron chi connectivity index (χ1n) is 4.66. The fraction of sp³-hybridized carbons (Fsp3) is 0.667. The maximum absolute atomic E-state index is 5.65. The number of anilines is 1. The van der Waals surface area contributed by atoms with Crippen LogP contribution in [0, 0.1) is 11.8 Å². The highest BCUT2D eigenvalue weighted by atomic mass is 15.1. The van der Waals surface area contributed by atoms with Crippen molar-refractivity contribution in [3.05, 3.63) is 12.4 Å². The van der Waals surface area contributed by atoms with E-state index in [2.05, 4.69) is 29.4 Å². The lowest BCUT2D eigenvalue weighted by atomic mass is 9.96. The summed E-state index contributed by atoms with van der Waals surface area (Å²) in [5, 5.41) is 9.89. The molecule has 1 unspecified atom stereocenters. The number of aromatic nitrogens is 2. The summed E-state index contributed by atoms with van der Waals surface area (Å²) in [7, 11) is 0. The first kappa shape index (κ1) is 10.1. The second kappa shape index (κ2) is 4.87. The lowest BCUT2D eigenvalue weighted by molar-refractivity contribution is 0.413. The van der Waals surface area contributed by atoms with Crippen LogP contribution in [0.15, 0.2) is 12.4 Å². The molecule has 4 heteroatoms. The highest BCUT2D eigenvalue weighted by molar-refractivity contribution is 5.37. The van der Waals surface area contributed by atoms with E-state index in [1.54, 1.807) is 6.20 Å². The van der Waals surface area contributed by atoms with Gasteiger partial charge >= 0.3 is 0 Å². The molecule has 1 aromatic rings. The van der Waals surface area contributed by atoms with Gasteiger partial charge < -0.3 is 11.1 Å². The zero-order valence-corrected chi connectivity index (χ0v) is 8.25. The van der Waals surface area contributed by atoms with Crippen molar-refractivity contribution in [1.82, 2.24) is 10.2 Å². The van der Waals surface area contributed by atoms with Crippen LogP contribution in [0.2, 0.25) is 0 Å². The summed E-state index contributed by atoms with van der Waals surface area (Å²) >= 11 is 0. The van der Waals surface area contributed by atoms with E-state index in [1.165, 1.54) is 0 Å². The van der Waals surface area contributed by atoms with Gasteiger partial charge in [-0.3, -0.25) is 5.10 Å². The van der Waals surface area contributed by atoms with Crippen LogP contribution in [0.3, 0.4) is 0 Å². The maximum atomic E-state index is 5.65. The molecule has 0 spiro atoms. The molecule has 0 radical (unpaired) electrons. The highest BCUT2D eigenvalue weighted by Crippen LogP contribution is 2.10. The van der Waals surface area contributed by atoms with Crippen molar-refractivity contribution in [3.63, 3.8) is 0 Å². The molecule has 1 atom stereocenters. The van der Waals surface area contributed by atoms with E-state index in [4.69, 9.17) is 5.73 Å². The van der Waals surface area contributed by atoms with Crippen LogP contribution in [0.1, 0.15) is 13.8 Å². The third-order valence-electron chi connectivity index (χ3n) is 2.31. The third kappa shape index (κ3) is 3.06. The number of H-pyrrole nitrogens is 1. The SMILES string of the molecule is CC(C)C(CN)CNc1cn[nH]c1. The number of hydrogen-bond acceptors (Lipinski definition) is 3. The van der Waals surface area contributed by atoms with Gasteiger partial charge in [0.25, 0.3) is 0 Å². The minimum absolute atomic E-state index is 0.523. The largest absolute Gasteiger partial charge is 0.382 e. The first-order chi connectivity index (χ1) is 6.24. The second-order valence-corrected chi connectivity index (χ2v) is 3.61. The molecule has 0 aliphatic carbocycles. The molecular weight excluding hydrogens is 164 g/mol. The van der Waals surface area contributed by atoms with Crippen molar-refractivity contribution < 1.29 is 0 Å². The van der Waals surface area contributed by atoms with Crippen molar-refractivity contribution in [3.8, 4) is 0 Å². The van der Waals surface area contributed by atoms with Gasteiger partial charge in [-0.2, -0.15) is 5.10 Å². The zero-order valence-electron chi connectivity index (χ0n) is 8.25. The normalized spacial score (nSPS) is 13.2. The smallest absolute Gasteiger partial charge is 0.0723 e. The average Bonchev–Trinajstić information content (AvgIpc) is 2.57. The van der Waals surface area contributed by atoms with Crippen molar-refractivity contribution in [2.75, 3.05) is 18.4 Å². The van der Waals surface area contributed by atoms with E-state index in [9.17, 15) is 0 Å². The molecule has 0 bridgehead atoms. The average molecular weight is 182 g/mol. The summed E-state index contributed by atoms with van der Waals surface area (Å²) in [6.45, 7) is 6.01. The predicted molar refractivity (Wildman–Crippen MR) is 54.5 cm³/mol. The monoisotopic (exact) mass is 182 g/mol. The van der Waals surface area contributed by atoms with E-state index in [-0.39, 0.29) is 0 Å². The van der Waals surface area contributed by atoms with Crippen LogP contribution in [-0.2, 0) is 0 Å². The number of nitrogens with two attached hydrogens (primary N) is 1. The van der Waals surface area contributed by atoms with Gasteiger partial charge in [-0.15, -0.1) is 0 Å². The topological polar surface area (TPSA) is 66.7 Å². The van der Waals surface area contributed by atoms with Gasteiger partial charge in [-0.05, 0) is 18.4 Å². The first-order valence-corrected chi connectivity index (χ1v) is 4.66. The van der Waals surface area contributed by atoms with Gasteiger partial charge in [0, 0.05) is 12.7 Å². The highest BCUT2D eigenvalue weighted by Gasteiger charge is 2.10. The summed E-state index contributed by atoms with van der Waals surface area (Å²) in [5.41, 5.74) is 6.68. The van der Waals surface area contributed by atoms with Gasteiger partial charge in [0.15, 0.2) is 0 Å². The van der Waals surface area contributed by atoms with Crippen molar-refractivity contribution in [1.29, 1.82) is 0 Å². The Morgan fingerprint density at radius 1 is 1.62 bits per heavy atom. The number of nitrogens with zero attached hydrogens (tertiary/aromatic N) is 1. The van der Waals surface area contributed by atoms with Crippen molar-refractivity contribution in [2.45, 2.75) is 13.8 Å².